The summed E-state index contributed by atoms with van der Waals surface area (Å²) in [7, 11) is 0. The van der Waals surface area contributed by atoms with Gasteiger partial charge in [0.1, 0.15) is 12.7 Å². The van der Waals surface area contributed by atoms with Crippen LogP contribution in [0.1, 0.15) is 28.7 Å². The number of carbonyl (C=O) groups excluding carboxylic acids is 1. The van der Waals surface area contributed by atoms with Gasteiger partial charge in [-0.05, 0) is 22.3 Å². The summed E-state index contributed by atoms with van der Waals surface area (Å²) in [5, 5.41) is 11.2. The minimum atomic E-state index is -0.841. The second kappa shape index (κ2) is 16.0. The van der Waals surface area contributed by atoms with Crippen molar-refractivity contribution >= 4 is 6.09 Å². The summed E-state index contributed by atoms with van der Waals surface area (Å²) in [5.74, 6) is 0. The van der Waals surface area contributed by atoms with E-state index in [9.17, 15) is 9.90 Å². The van der Waals surface area contributed by atoms with Crippen LogP contribution in [0.15, 0.2) is 121 Å². The number of carbonyl (C=O) groups is 1. The van der Waals surface area contributed by atoms with Gasteiger partial charge in [-0.2, -0.15) is 0 Å². The molecular weight excluding hydrogens is 542 g/mol. The molecule has 0 spiro atoms. The molecule has 0 aliphatic carbocycles. The Morgan fingerprint density at radius 2 is 1.12 bits per heavy atom. The van der Waals surface area contributed by atoms with E-state index in [0.29, 0.717) is 26.2 Å². The second-order valence-corrected chi connectivity index (χ2v) is 10.7. The number of aliphatic hydroxyl groups is 1. The molecule has 7 nitrogen and oxygen atoms in total. The van der Waals surface area contributed by atoms with Crippen molar-refractivity contribution in [3.8, 4) is 0 Å². The summed E-state index contributed by atoms with van der Waals surface area (Å²) < 4.78 is 25.0. The van der Waals surface area contributed by atoms with E-state index in [1.807, 2.05) is 121 Å². The van der Waals surface area contributed by atoms with Gasteiger partial charge in [0.05, 0.1) is 51.2 Å². The van der Waals surface area contributed by atoms with Gasteiger partial charge in [0.15, 0.2) is 0 Å². The summed E-state index contributed by atoms with van der Waals surface area (Å²) in [4.78, 5) is 15.2. The Kier molecular flexibility index (Phi) is 11.3. The highest BCUT2D eigenvalue weighted by Crippen LogP contribution is 2.27. The summed E-state index contributed by atoms with van der Waals surface area (Å²) in [6.07, 6.45) is -2.18. The van der Waals surface area contributed by atoms with Crippen LogP contribution in [0.2, 0.25) is 0 Å². The van der Waals surface area contributed by atoms with Crippen molar-refractivity contribution in [3.63, 3.8) is 0 Å². The minimum absolute atomic E-state index is 0.0728. The lowest BCUT2D eigenvalue weighted by molar-refractivity contribution is -0.123. The molecule has 1 amide bonds. The highest BCUT2D eigenvalue weighted by molar-refractivity contribution is 5.68. The summed E-state index contributed by atoms with van der Waals surface area (Å²) in [6.45, 7) is 1.39. The Bertz CT molecular complexity index is 1360. The first-order valence-electron chi connectivity index (χ1n) is 14.7. The van der Waals surface area contributed by atoms with E-state index >= 15 is 0 Å². The predicted molar refractivity (Wildman–Crippen MR) is 164 cm³/mol. The van der Waals surface area contributed by atoms with Gasteiger partial charge in [0.25, 0.3) is 0 Å². The largest absolute Gasteiger partial charge is 0.445 e. The Balaban J connectivity index is 1.40. The Morgan fingerprint density at radius 1 is 0.651 bits per heavy atom. The number of likely N-dealkylation sites (tertiary alicyclic amines) is 1. The minimum Gasteiger partial charge on any atom is -0.445 e. The number of benzene rings is 4. The molecule has 0 unspecified atom stereocenters. The van der Waals surface area contributed by atoms with Gasteiger partial charge in [-0.25, -0.2) is 4.79 Å². The van der Waals surface area contributed by atoms with Gasteiger partial charge in [0.2, 0.25) is 0 Å². The fourth-order valence-electron chi connectivity index (χ4n) is 5.26. The first kappa shape index (κ1) is 30.4. The highest BCUT2D eigenvalue weighted by Gasteiger charge is 2.43. The van der Waals surface area contributed by atoms with Gasteiger partial charge in [-0.1, -0.05) is 121 Å². The highest BCUT2D eigenvalue weighted by atomic mass is 16.6. The topological polar surface area (TPSA) is 77.5 Å². The first-order valence-corrected chi connectivity index (χ1v) is 14.7. The van der Waals surface area contributed by atoms with Crippen molar-refractivity contribution in [2.75, 3.05) is 13.2 Å². The van der Waals surface area contributed by atoms with Crippen LogP contribution >= 0.6 is 0 Å². The van der Waals surface area contributed by atoms with Crippen molar-refractivity contribution in [1.29, 1.82) is 0 Å². The number of nitrogens with zero attached hydrogens (tertiary/aromatic N) is 1. The molecule has 5 rings (SSSR count). The third kappa shape index (κ3) is 9.24. The maximum Gasteiger partial charge on any atom is 0.410 e. The Labute approximate surface area is 253 Å². The molecule has 0 aromatic heterocycles. The maximum atomic E-state index is 13.7. The zero-order chi connectivity index (χ0) is 29.7. The van der Waals surface area contributed by atoms with E-state index < -0.39 is 30.4 Å². The summed E-state index contributed by atoms with van der Waals surface area (Å²) in [5.41, 5.74) is 3.91. The third-order valence-corrected chi connectivity index (χ3v) is 7.49. The lowest BCUT2D eigenvalue weighted by atomic mass is 10.0. The SMILES string of the molecule is O=C(OCc1ccccc1)N1C[C@H](O)C[C@@H](OCc2ccccc2)[C@H](OCc2ccccc2)[C@H]1COCc1ccccc1. The van der Waals surface area contributed by atoms with Crippen LogP contribution in [-0.2, 0) is 45.4 Å². The van der Waals surface area contributed by atoms with Crippen LogP contribution in [0.25, 0.3) is 0 Å². The number of amides is 1. The molecule has 4 aromatic carbocycles. The van der Waals surface area contributed by atoms with Crippen molar-refractivity contribution < 1.29 is 28.8 Å². The number of aliphatic hydroxyl groups excluding tert-OH is 1. The molecular formula is C36H39NO6. The van der Waals surface area contributed by atoms with Gasteiger partial charge >= 0.3 is 6.09 Å². The van der Waals surface area contributed by atoms with Crippen LogP contribution in [0.4, 0.5) is 4.79 Å². The number of β-amino-alcohol motifs (C(OH)–C–C–N with tert-alkyl or cyclic N) is 1. The number of ether oxygens (including phenoxy) is 4. The molecule has 0 radical (unpaired) electrons. The van der Waals surface area contributed by atoms with E-state index in [2.05, 4.69) is 0 Å². The Hall–Kier alpha value is -4.01. The van der Waals surface area contributed by atoms with Crippen LogP contribution in [0.5, 0.6) is 0 Å². The number of rotatable bonds is 12. The molecule has 1 aliphatic heterocycles. The van der Waals surface area contributed by atoms with Gasteiger partial charge < -0.3 is 24.1 Å². The van der Waals surface area contributed by atoms with Gasteiger partial charge in [0, 0.05) is 6.42 Å². The fraction of sp³-hybridized carbons (Fsp3) is 0.306. The van der Waals surface area contributed by atoms with Crippen molar-refractivity contribution in [2.45, 2.75) is 57.2 Å². The molecule has 4 atom stereocenters. The quantitative estimate of drug-likeness (QED) is 0.216. The zero-order valence-electron chi connectivity index (χ0n) is 24.2. The maximum absolute atomic E-state index is 13.7. The first-order chi connectivity index (χ1) is 21.2. The van der Waals surface area contributed by atoms with E-state index in [-0.39, 0.29) is 19.8 Å². The molecule has 1 fully saturated rings. The molecule has 1 aliphatic rings. The zero-order valence-corrected chi connectivity index (χ0v) is 24.2. The standard InChI is InChI=1S/C36H39NO6/c38-32-21-34(41-24-29-15-7-2-8-16-29)35(42-25-30-17-9-3-10-18-30)33(27-40-23-28-13-5-1-6-14-28)37(22-32)36(39)43-26-31-19-11-4-12-20-31/h1-20,32-35,38H,21-27H2/t32-,33-,34-,35-/m1/s1. The van der Waals surface area contributed by atoms with Crippen molar-refractivity contribution in [3.05, 3.63) is 144 Å². The van der Waals surface area contributed by atoms with Crippen LogP contribution in [0, 0.1) is 0 Å². The molecule has 224 valence electrons. The molecule has 0 saturated carbocycles. The molecule has 4 aromatic rings. The van der Waals surface area contributed by atoms with Crippen molar-refractivity contribution in [1.82, 2.24) is 4.90 Å². The van der Waals surface area contributed by atoms with E-state index in [1.165, 1.54) is 0 Å². The normalized spacial score (nSPS) is 20.3. The molecule has 7 heteroatoms. The average Bonchev–Trinajstić information content (AvgIpc) is 3.19. The summed E-state index contributed by atoms with van der Waals surface area (Å²) >= 11 is 0. The van der Waals surface area contributed by atoms with Crippen LogP contribution in [-0.4, -0.2) is 53.6 Å². The third-order valence-electron chi connectivity index (χ3n) is 7.49. The number of hydrogen-bond donors (Lipinski definition) is 1. The molecule has 0 bridgehead atoms. The fourth-order valence-corrected chi connectivity index (χ4v) is 5.26. The van der Waals surface area contributed by atoms with E-state index in [0.717, 1.165) is 22.3 Å². The second-order valence-electron chi connectivity index (χ2n) is 10.7. The summed E-state index contributed by atoms with van der Waals surface area (Å²) in [6, 6.07) is 38.6. The average molecular weight is 582 g/mol. The molecule has 1 N–H and O–H groups in total. The molecule has 1 heterocycles. The number of hydrogen-bond acceptors (Lipinski definition) is 6. The van der Waals surface area contributed by atoms with Crippen LogP contribution < -0.4 is 0 Å². The monoisotopic (exact) mass is 581 g/mol. The molecule has 1 saturated heterocycles. The smallest absolute Gasteiger partial charge is 0.410 e. The van der Waals surface area contributed by atoms with Gasteiger partial charge in [-0.15, -0.1) is 0 Å². The predicted octanol–water partition coefficient (Wildman–Crippen LogP) is 6.15. The van der Waals surface area contributed by atoms with E-state index in [1.54, 1.807) is 4.90 Å². The lowest BCUT2D eigenvalue weighted by Crippen LogP contribution is -2.53. The lowest BCUT2D eigenvalue weighted by Gasteiger charge is -2.36. The van der Waals surface area contributed by atoms with E-state index in [4.69, 9.17) is 18.9 Å². The van der Waals surface area contributed by atoms with Crippen molar-refractivity contribution in [2.24, 2.45) is 0 Å². The molecule has 43 heavy (non-hydrogen) atoms. The van der Waals surface area contributed by atoms with Gasteiger partial charge in [-0.3, -0.25) is 4.90 Å². The van der Waals surface area contributed by atoms with Crippen LogP contribution in [0.3, 0.4) is 0 Å². The Morgan fingerprint density at radius 3 is 1.65 bits per heavy atom.